The van der Waals surface area contributed by atoms with Gasteiger partial charge in [-0.1, -0.05) is 29.8 Å². The van der Waals surface area contributed by atoms with Crippen LogP contribution >= 0.6 is 0 Å². The number of anilines is 1. The van der Waals surface area contributed by atoms with E-state index in [1.54, 1.807) is 25.3 Å². The quantitative estimate of drug-likeness (QED) is 0.808. The second kappa shape index (κ2) is 6.83. The molecule has 2 N–H and O–H groups in total. The smallest absolute Gasteiger partial charge is 0.240 e. The molecule has 2 aromatic carbocycles. The van der Waals surface area contributed by atoms with Gasteiger partial charge in [-0.25, -0.2) is 13.1 Å². The van der Waals surface area contributed by atoms with Crippen molar-refractivity contribution < 1.29 is 13.2 Å². The van der Waals surface area contributed by atoms with Crippen LogP contribution in [0.3, 0.4) is 0 Å². The standard InChI is InChI=1S/C18H22N2O3S/c1-13-4-3-5-14(10-13)12-19-17-11-16(8-9-18(17)23-2)24(21,22)20-15-6-7-15/h3-5,8-11,15,19-20H,6-7,12H2,1-2H3. The molecule has 0 aliphatic heterocycles. The summed E-state index contributed by atoms with van der Waals surface area (Å²) in [6.07, 6.45) is 1.82. The molecule has 0 unspecified atom stereocenters. The first-order chi connectivity index (χ1) is 11.5. The highest BCUT2D eigenvalue weighted by atomic mass is 32.2. The van der Waals surface area contributed by atoms with Gasteiger partial charge in [-0.3, -0.25) is 0 Å². The number of sulfonamides is 1. The van der Waals surface area contributed by atoms with Crippen LogP contribution in [0.25, 0.3) is 0 Å². The molecule has 0 heterocycles. The van der Waals surface area contributed by atoms with Crippen molar-refractivity contribution in [3.63, 3.8) is 0 Å². The first-order valence-corrected chi connectivity index (χ1v) is 9.46. The summed E-state index contributed by atoms with van der Waals surface area (Å²) in [6, 6.07) is 13.1. The maximum Gasteiger partial charge on any atom is 0.240 e. The lowest BCUT2D eigenvalue weighted by Gasteiger charge is -2.14. The Labute approximate surface area is 143 Å². The van der Waals surface area contributed by atoms with E-state index in [0.29, 0.717) is 18.0 Å². The predicted octanol–water partition coefficient (Wildman–Crippen LogP) is 3.06. The summed E-state index contributed by atoms with van der Waals surface area (Å²) < 4.78 is 32.8. The van der Waals surface area contributed by atoms with Crippen molar-refractivity contribution in [2.45, 2.75) is 37.2 Å². The van der Waals surface area contributed by atoms with E-state index in [-0.39, 0.29) is 10.9 Å². The van der Waals surface area contributed by atoms with Gasteiger partial charge in [0.1, 0.15) is 5.75 Å². The van der Waals surface area contributed by atoms with Crippen molar-refractivity contribution in [1.29, 1.82) is 0 Å². The van der Waals surface area contributed by atoms with Gasteiger partial charge in [-0.2, -0.15) is 0 Å². The van der Waals surface area contributed by atoms with E-state index in [0.717, 1.165) is 18.4 Å². The normalized spacial score (nSPS) is 14.4. The molecular formula is C18H22N2O3S. The maximum absolute atomic E-state index is 12.4. The average Bonchev–Trinajstić information content (AvgIpc) is 3.36. The molecule has 0 radical (unpaired) electrons. The van der Waals surface area contributed by atoms with Crippen molar-refractivity contribution in [2.24, 2.45) is 0 Å². The zero-order valence-electron chi connectivity index (χ0n) is 13.9. The monoisotopic (exact) mass is 346 g/mol. The summed E-state index contributed by atoms with van der Waals surface area (Å²) in [5, 5.41) is 3.27. The highest BCUT2D eigenvalue weighted by Crippen LogP contribution is 2.29. The summed E-state index contributed by atoms with van der Waals surface area (Å²) in [4.78, 5) is 0.252. The third kappa shape index (κ3) is 4.07. The van der Waals surface area contributed by atoms with E-state index < -0.39 is 10.0 Å². The minimum absolute atomic E-state index is 0.0841. The van der Waals surface area contributed by atoms with E-state index in [4.69, 9.17) is 4.74 Å². The first-order valence-electron chi connectivity index (χ1n) is 7.98. The molecule has 0 bridgehead atoms. The Morgan fingerprint density at radius 2 is 1.96 bits per heavy atom. The van der Waals surface area contributed by atoms with Crippen molar-refractivity contribution in [3.8, 4) is 5.75 Å². The Morgan fingerprint density at radius 3 is 2.62 bits per heavy atom. The summed E-state index contributed by atoms with van der Waals surface area (Å²) in [5.41, 5.74) is 2.98. The lowest BCUT2D eigenvalue weighted by molar-refractivity contribution is 0.416. The number of methoxy groups -OCH3 is 1. The fourth-order valence-electron chi connectivity index (χ4n) is 2.50. The lowest BCUT2D eigenvalue weighted by atomic mass is 10.1. The summed E-state index contributed by atoms with van der Waals surface area (Å²) in [5.74, 6) is 0.619. The van der Waals surface area contributed by atoms with E-state index >= 15 is 0 Å². The number of hydrogen-bond donors (Lipinski definition) is 2. The molecule has 2 aromatic rings. The predicted molar refractivity (Wildman–Crippen MR) is 94.8 cm³/mol. The number of benzene rings is 2. The van der Waals surface area contributed by atoms with Crippen LogP contribution in [0.4, 0.5) is 5.69 Å². The molecule has 1 fully saturated rings. The summed E-state index contributed by atoms with van der Waals surface area (Å²) in [6.45, 7) is 2.64. The number of rotatable bonds is 7. The Hall–Kier alpha value is -2.05. The third-order valence-electron chi connectivity index (χ3n) is 3.95. The van der Waals surface area contributed by atoms with Gasteiger partial charge in [0, 0.05) is 12.6 Å². The van der Waals surface area contributed by atoms with Crippen molar-refractivity contribution >= 4 is 15.7 Å². The molecule has 3 rings (SSSR count). The van der Waals surface area contributed by atoms with Gasteiger partial charge in [0.15, 0.2) is 0 Å². The highest BCUT2D eigenvalue weighted by Gasteiger charge is 2.28. The fraction of sp³-hybridized carbons (Fsp3) is 0.333. The van der Waals surface area contributed by atoms with Gasteiger partial charge in [0.2, 0.25) is 10.0 Å². The zero-order valence-corrected chi connectivity index (χ0v) is 14.7. The molecule has 6 heteroatoms. The van der Waals surface area contributed by atoms with Crippen molar-refractivity contribution in [3.05, 3.63) is 53.6 Å². The topological polar surface area (TPSA) is 67.4 Å². The van der Waals surface area contributed by atoms with E-state index in [1.165, 1.54) is 5.56 Å². The van der Waals surface area contributed by atoms with Crippen molar-refractivity contribution in [1.82, 2.24) is 4.72 Å². The molecule has 128 valence electrons. The van der Waals surface area contributed by atoms with Gasteiger partial charge in [0.05, 0.1) is 17.7 Å². The largest absolute Gasteiger partial charge is 0.495 e. The van der Waals surface area contributed by atoms with Crippen molar-refractivity contribution in [2.75, 3.05) is 12.4 Å². The minimum Gasteiger partial charge on any atom is -0.495 e. The maximum atomic E-state index is 12.4. The molecule has 5 nitrogen and oxygen atoms in total. The molecule has 1 saturated carbocycles. The van der Waals surface area contributed by atoms with Gasteiger partial charge in [0.25, 0.3) is 0 Å². The number of aryl methyl sites for hydroxylation is 1. The Balaban J connectivity index is 1.81. The SMILES string of the molecule is COc1ccc(S(=O)(=O)NC2CC2)cc1NCc1cccc(C)c1. The highest BCUT2D eigenvalue weighted by molar-refractivity contribution is 7.89. The molecular weight excluding hydrogens is 324 g/mol. The fourth-order valence-corrected chi connectivity index (χ4v) is 3.83. The molecule has 0 saturated heterocycles. The molecule has 0 aromatic heterocycles. The Kier molecular flexibility index (Phi) is 4.78. The molecule has 0 spiro atoms. The Morgan fingerprint density at radius 1 is 1.17 bits per heavy atom. The van der Waals surface area contributed by atoms with E-state index in [1.807, 2.05) is 25.1 Å². The number of ether oxygens (including phenoxy) is 1. The molecule has 1 aliphatic rings. The minimum atomic E-state index is -3.48. The van der Waals surface area contributed by atoms with Crippen LogP contribution in [0.5, 0.6) is 5.75 Å². The van der Waals surface area contributed by atoms with Crippen LogP contribution in [-0.2, 0) is 16.6 Å². The Bertz CT molecular complexity index is 830. The van der Waals surface area contributed by atoms with Crippen LogP contribution < -0.4 is 14.8 Å². The molecule has 24 heavy (non-hydrogen) atoms. The average molecular weight is 346 g/mol. The van der Waals surface area contributed by atoms with Crippen LogP contribution in [0.1, 0.15) is 24.0 Å². The second-order valence-electron chi connectivity index (χ2n) is 6.10. The number of hydrogen-bond acceptors (Lipinski definition) is 4. The van der Waals surface area contributed by atoms with Gasteiger partial charge in [-0.05, 0) is 43.5 Å². The second-order valence-corrected chi connectivity index (χ2v) is 7.81. The molecule has 0 amide bonds. The van der Waals surface area contributed by atoms with Crippen LogP contribution in [0, 0.1) is 6.92 Å². The first kappa shape index (κ1) is 16.8. The summed E-state index contributed by atoms with van der Waals surface area (Å²) >= 11 is 0. The number of nitrogens with one attached hydrogen (secondary N) is 2. The van der Waals surface area contributed by atoms with E-state index in [2.05, 4.69) is 16.1 Å². The van der Waals surface area contributed by atoms with Gasteiger partial charge >= 0.3 is 0 Å². The zero-order chi connectivity index (χ0) is 17.2. The molecule has 1 aliphatic carbocycles. The third-order valence-corrected chi connectivity index (χ3v) is 5.46. The summed E-state index contributed by atoms with van der Waals surface area (Å²) in [7, 11) is -1.91. The van der Waals surface area contributed by atoms with Crippen LogP contribution in [0.15, 0.2) is 47.4 Å². The molecule has 0 atom stereocenters. The van der Waals surface area contributed by atoms with Gasteiger partial charge < -0.3 is 10.1 Å². The van der Waals surface area contributed by atoms with Crippen LogP contribution in [0.2, 0.25) is 0 Å². The van der Waals surface area contributed by atoms with E-state index in [9.17, 15) is 8.42 Å². The van der Waals surface area contributed by atoms with Gasteiger partial charge in [-0.15, -0.1) is 0 Å². The lowest BCUT2D eigenvalue weighted by Crippen LogP contribution is -2.25. The van der Waals surface area contributed by atoms with Crippen LogP contribution in [-0.4, -0.2) is 21.6 Å².